The maximum absolute atomic E-state index is 4.90. The molecule has 4 heteroatoms. The molecule has 0 bridgehead atoms. The van der Waals surface area contributed by atoms with Crippen LogP contribution in [0.15, 0.2) is 61.1 Å². The van der Waals surface area contributed by atoms with Crippen molar-refractivity contribution in [1.29, 1.82) is 0 Å². The molecule has 1 aliphatic rings. The molecule has 0 unspecified atom stereocenters. The van der Waals surface area contributed by atoms with Crippen molar-refractivity contribution in [3.8, 4) is 11.3 Å². The fourth-order valence-electron chi connectivity index (χ4n) is 4.05. The molecule has 4 nitrogen and oxygen atoms in total. The molecule has 2 aromatic heterocycles. The molecule has 0 aliphatic heterocycles. The minimum Gasteiger partial charge on any atom is -0.310 e. The van der Waals surface area contributed by atoms with Crippen molar-refractivity contribution in [2.45, 2.75) is 51.7 Å². The molecule has 2 atom stereocenters. The highest BCUT2D eigenvalue weighted by Crippen LogP contribution is 2.26. The normalized spacial score (nSPS) is 19.9. The van der Waals surface area contributed by atoms with Crippen LogP contribution in [0.3, 0.4) is 0 Å². The van der Waals surface area contributed by atoms with E-state index < -0.39 is 0 Å². The van der Waals surface area contributed by atoms with Gasteiger partial charge in [-0.3, -0.25) is 9.67 Å². The summed E-state index contributed by atoms with van der Waals surface area (Å²) in [6.45, 7) is 4.01. The summed E-state index contributed by atoms with van der Waals surface area (Å²) in [5.41, 5.74) is 4.63. The zero-order valence-corrected chi connectivity index (χ0v) is 16.0. The van der Waals surface area contributed by atoms with Crippen molar-refractivity contribution in [1.82, 2.24) is 20.1 Å². The maximum atomic E-state index is 4.90. The third-order valence-corrected chi connectivity index (χ3v) is 5.63. The highest BCUT2D eigenvalue weighted by Gasteiger charge is 2.21. The first kappa shape index (κ1) is 17.9. The van der Waals surface area contributed by atoms with Gasteiger partial charge in [0.1, 0.15) is 0 Å². The number of hydrogen-bond acceptors (Lipinski definition) is 3. The summed E-state index contributed by atoms with van der Waals surface area (Å²) in [7, 11) is 0. The van der Waals surface area contributed by atoms with E-state index in [-0.39, 0.29) is 0 Å². The number of pyridine rings is 1. The summed E-state index contributed by atoms with van der Waals surface area (Å²) < 4.78 is 2.05. The molecule has 0 radical (unpaired) electrons. The van der Waals surface area contributed by atoms with Gasteiger partial charge < -0.3 is 5.32 Å². The Balaban J connectivity index is 1.56. The van der Waals surface area contributed by atoms with Crippen LogP contribution in [0.4, 0.5) is 0 Å². The van der Waals surface area contributed by atoms with Crippen molar-refractivity contribution < 1.29 is 0 Å². The lowest BCUT2D eigenvalue weighted by Crippen LogP contribution is -2.36. The van der Waals surface area contributed by atoms with Crippen molar-refractivity contribution in [2.24, 2.45) is 5.92 Å². The molecule has 1 fully saturated rings. The third kappa shape index (κ3) is 4.45. The average molecular weight is 361 g/mol. The number of benzene rings is 1. The molecular formula is C23H28N4. The highest BCUT2D eigenvalue weighted by molar-refractivity contribution is 5.61. The van der Waals surface area contributed by atoms with E-state index in [9.17, 15) is 0 Å². The van der Waals surface area contributed by atoms with Crippen LogP contribution in [0.1, 0.15) is 43.7 Å². The molecule has 1 aromatic carbocycles. The maximum Gasteiger partial charge on any atom is 0.0983 e. The lowest BCUT2D eigenvalue weighted by Gasteiger charge is -2.29. The highest BCUT2D eigenvalue weighted by atomic mass is 15.3. The number of rotatable bonds is 6. The quantitative estimate of drug-likeness (QED) is 0.695. The topological polar surface area (TPSA) is 42.7 Å². The fraction of sp³-hybridized carbons (Fsp3) is 0.391. The van der Waals surface area contributed by atoms with Gasteiger partial charge in [0.25, 0.3) is 0 Å². The van der Waals surface area contributed by atoms with E-state index in [2.05, 4.69) is 58.4 Å². The van der Waals surface area contributed by atoms with E-state index in [0.29, 0.717) is 6.04 Å². The van der Waals surface area contributed by atoms with E-state index in [1.54, 1.807) is 0 Å². The van der Waals surface area contributed by atoms with Gasteiger partial charge in [0.05, 0.1) is 12.2 Å². The van der Waals surface area contributed by atoms with Gasteiger partial charge in [-0.15, -0.1) is 0 Å². The van der Waals surface area contributed by atoms with Gasteiger partial charge in [-0.2, -0.15) is 5.10 Å². The second kappa shape index (κ2) is 8.49. The molecule has 3 aromatic rings. The minimum absolute atomic E-state index is 0.609. The molecule has 1 N–H and O–H groups in total. The van der Waals surface area contributed by atoms with Gasteiger partial charge in [-0.1, -0.05) is 50.1 Å². The van der Waals surface area contributed by atoms with Crippen LogP contribution < -0.4 is 5.32 Å². The van der Waals surface area contributed by atoms with Crippen LogP contribution in [0, 0.1) is 5.92 Å². The molecule has 0 amide bonds. The van der Waals surface area contributed by atoms with Crippen LogP contribution in [0.5, 0.6) is 0 Å². The summed E-state index contributed by atoms with van der Waals surface area (Å²) in [5.74, 6) is 0.750. The summed E-state index contributed by atoms with van der Waals surface area (Å²) >= 11 is 0. The largest absolute Gasteiger partial charge is 0.310 e. The Morgan fingerprint density at radius 3 is 2.70 bits per heavy atom. The molecule has 140 valence electrons. The minimum atomic E-state index is 0.609. The average Bonchev–Trinajstić information content (AvgIpc) is 3.11. The second-order valence-corrected chi connectivity index (χ2v) is 7.68. The fourth-order valence-corrected chi connectivity index (χ4v) is 4.05. The zero-order valence-electron chi connectivity index (χ0n) is 16.0. The Hall–Kier alpha value is -2.46. The molecule has 4 rings (SSSR count). The predicted molar refractivity (Wildman–Crippen MR) is 109 cm³/mol. The van der Waals surface area contributed by atoms with Crippen LogP contribution >= 0.6 is 0 Å². The summed E-state index contributed by atoms with van der Waals surface area (Å²) in [4.78, 5) is 4.29. The van der Waals surface area contributed by atoms with Gasteiger partial charge in [-0.25, -0.2) is 0 Å². The zero-order chi connectivity index (χ0) is 18.5. The van der Waals surface area contributed by atoms with E-state index in [4.69, 9.17) is 5.10 Å². The van der Waals surface area contributed by atoms with Gasteiger partial charge in [0, 0.05) is 42.3 Å². The number of aromatic nitrogens is 3. The Kier molecular flexibility index (Phi) is 5.64. The number of hydrogen-bond donors (Lipinski definition) is 1. The molecular weight excluding hydrogens is 332 g/mol. The molecule has 27 heavy (non-hydrogen) atoms. The van der Waals surface area contributed by atoms with E-state index in [0.717, 1.165) is 30.3 Å². The Bertz CT molecular complexity index is 841. The monoisotopic (exact) mass is 360 g/mol. The van der Waals surface area contributed by atoms with Crippen molar-refractivity contribution in [2.75, 3.05) is 0 Å². The van der Waals surface area contributed by atoms with E-state index >= 15 is 0 Å². The van der Waals surface area contributed by atoms with Gasteiger partial charge in [0.2, 0.25) is 0 Å². The van der Waals surface area contributed by atoms with Crippen LogP contribution in [-0.2, 0) is 13.1 Å². The molecule has 0 saturated heterocycles. The number of nitrogens with one attached hydrogen (secondary N) is 1. The Labute approximate surface area is 161 Å². The van der Waals surface area contributed by atoms with Gasteiger partial charge in [-0.05, 0) is 36.5 Å². The van der Waals surface area contributed by atoms with Crippen molar-refractivity contribution in [3.63, 3.8) is 0 Å². The first-order valence-electron chi connectivity index (χ1n) is 10.0. The SMILES string of the molecule is C[C@H]1CCCC[C@H]1NCc1cn(Cc2ccccc2)nc1-c1cccnc1. The predicted octanol–water partition coefficient (Wildman–Crippen LogP) is 4.66. The second-order valence-electron chi connectivity index (χ2n) is 7.68. The molecule has 1 saturated carbocycles. The third-order valence-electron chi connectivity index (χ3n) is 5.63. The smallest absolute Gasteiger partial charge is 0.0983 e. The Morgan fingerprint density at radius 2 is 1.93 bits per heavy atom. The lowest BCUT2D eigenvalue weighted by molar-refractivity contribution is 0.279. The number of nitrogens with zero attached hydrogens (tertiary/aromatic N) is 3. The molecule has 2 heterocycles. The van der Waals surface area contributed by atoms with Crippen LogP contribution in [0.25, 0.3) is 11.3 Å². The van der Waals surface area contributed by atoms with Crippen LogP contribution in [0.2, 0.25) is 0 Å². The van der Waals surface area contributed by atoms with E-state index in [1.807, 2.05) is 24.5 Å². The summed E-state index contributed by atoms with van der Waals surface area (Å²) in [5, 5.41) is 8.70. The van der Waals surface area contributed by atoms with Gasteiger partial charge >= 0.3 is 0 Å². The standard InChI is InChI=1S/C23H28N4/c1-18-8-5-6-12-22(18)25-15-21-17-27(16-19-9-3-2-4-10-19)26-23(21)20-11-7-13-24-14-20/h2-4,7,9-11,13-14,17-18,22,25H,5-6,8,12,15-16H2,1H3/t18-,22+/m0/s1. The van der Waals surface area contributed by atoms with E-state index in [1.165, 1.54) is 36.8 Å². The summed E-state index contributed by atoms with van der Waals surface area (Å²) in [6.07, 6.45) is 11.2. The molecule has 0 spiro atoms. The van der Waals surface area contributed by atoms with Crippen molar-refractivity contribution >= 4 is 0 Å². The molecule has 1 aliphatic carbocycles. The summed E-state index contributed by atoms with van der Waals surface area (Å²) in [6, 6.07) is 15.2. The lowest BCUT2D eigenvalue weighted by atomic mass is 9.86. The van der Waals surface area contributed by atoms with Crippen LogP contribution in [-0.4, -0.2) is 20.8 Å². The Morgan fingerprint density at radius 1 is 1.07 bits per heavy atom. The first-order chi connectivity index (χ1) is 13.3. The van der Waals surface area contributed by atoms with Crippen molar-refractivity contribution in [3.05, 3.63) is 72.2 Å². The first-order valence-corrected chi connectivity index (χ1v) is 10.0. The van der Waals surface area contributed by atoms with Gasteiger partial charge in [0.15, 0.2) is 0 Å².